The molecule has 11 heteroatoms. The average molecular weight is 412 g/mol. The van der Waals surface area contributed by atoms with Crippen LogP contribution in [0.4, 0.5) is 13.2 Å². The van der Waals surface area contributed by atoms with Crippen molar-refractivity contribution in [1.82, 2.24) is 30.5 Å². The van der Waals surface area contributed by atoms with Crippen molar-refractivity contribution < 1.29 is 22.7 Å². The van der Waals surface area contributed by atoms with E-state index in [4.69, 9.17) is 4.74 Å². The third-order valence-corrected chi connectivity index (χ3v) is 4.46. The first-order chi connectivity index (χ1) is 13.4. The van der Waals surface area contributed by atoms with Gasteiger partial charge in [-0.3, -0.25) is 9.78 Å². The molecule has 1 aliphatic rings. The zero-order chi connectivity index (χ0) is 21.4. The fourth-order valence-electron chi connectivity index (χ4n) is 2.84. The number of halogens is 3. The van der Waals surface area contributed by atoms with Gasteiger partial charge < -0.3 is 10.1 Å². The number of hydrogen-bond acceptors (Lipinski definition) is 6. The second-order valence-corrected chi connectivity index (χ2v) is 8.20. The molecular weight excluding hydrogens is 389 g/mol. The van der Waals surface area contributed by atoms with E-state index in [-0.39, 0.29) is 17.4 Å². The summed E-state index contributed by atoms with van der Waals surface area (Å²) in [7, 11) is 1.61. The molecule has 1 saturated carbocycles. The molecule has 0 radical (unpaired) electrons. The van der Waals surface area contributed by atoms with Crippen LogP contribution >= 0.6 is 0 Å². The van der Waals surface area contributed by atoms with Crippen molar-refractivity contribution in [3.05, 3.63) is 29.3 Å². The van der Waals surface area contributed by atoms with Crippen molar-refractivity contribution in [2.45, 2.75) is 51.7 Å². The number of tetrazole rings is 1. The van der Waals surface area contributed by atoms with Gasteiger partial charge in [0, 0.05) is 17.8 Å². The van der Waals surface area contributed by atoms with E-state index in [1.54, 1.807) is 7.05 Å². The molecule has 1 aliphatic carbocycles. The monoisotopic (exact) mass is 412 g/mol. The van der Waals surface area contributed by atoms with Crippen LogP contribution in [0.25, 0.3) is 0 Å². The number of rotatable bonds is 6. The van der Waals surface area contributed by atoms with E-state index >= 15 is 0 Å². The number of pyridine rings is 1. The van der Waals surface area contributed by atoms with Gasteiger partial charge in [0.25, 0.3) is 5.91 Å². The standard InChI is InChI=1S/C18H23F3N6O2/c1-17(2,3)14(15-24-26-27(4)25-15)23-16(28)12-7-13(29-9-18(19,20)21)11(8-22-12)10-5-6-10/h7-8,10,14H,5-6,9H2,1-4H3,(H,23,28). The maximum absolute atomic E-state index is 12.8. The van der Waals surface area contributed by atoms with Crippen LogP contribution in [0.5, 0.6) is 5.75 Å². The second-order valence-electron chi connectivity index (χ2n) is 8.20. The minimum atomic E-state index is -4.47. The van der Waals surface area contributed by atoms with Crippen LogP contribution in [0.3, 0.4) is 0 Å². The molecule has 8 nitrogen and oxygen atoms in total. The first-order valence-corrected chi connectivity index (χ1v) is 9.18. The summed E-state index contributed by atoms with van der Waals surface area (Å²) in [5.41, 5.74) is 0.112. The highest BCUT2D eigenvalue weighted by molar-refractivity contribution is 5.93. The van der Waals surface area contributed by atoms with Gasteiger partial charge in [0.05, 0.1) is 13.1 Å². The summed E-state index contributed by atoms with van der Waals surface area (Å²) >= 11 is 0. The van der Waals surface area contributed by atoms with E-state index < -0.39 is 30.1 Å². The highest BCUT2D eigenvalue weighted by Crippen LogP contribution is 2.44. The number of hydrogen-bond donors (Lipinski definition) is 1. The minimum Gasteiger partial charge on any atom is -0.484 e. The molecule has 3 rings (SSSR count). The van der Waals surface area contributed by atoms with E-state index in [2.05, 4.69) is 25.7 Å². The van der Waals surface area contributed by atoms with Crippen LogP contribution in [0.1, 0.15) is 67.4 Å². The summed E-state index contributed by atoms with van der Waals surface area (Å²) in [5, 5.41) is 14.7. The van der Waals surface area contributed by atoms with Gasteiger partial charge >= 0.3 is 6.18 Å². The van der Waals surface area contributed by atoms with Crippen molar-refractivity contribution in [3.63, 3.8) is 0 Å². The Kier molecular flexibility index (Phi) is 5.50. The van der Waals surface area contributed by atoms with E-state index in [1.165, 1.54) is 17.1 Å². The lowest BCUT2D eigenvalue weighted by atomic mass is 9.86. The molecule has 0 spiro atoms. The number of nitrogens with zero attached hydrogens (tertiary/aromatic N) is 5. The number of alkyl halides is 3. The van der Waals surface area contributed by atoms with Gasteiger partial charge in [0.2, 0.25) is 0 Å². The van der Waals surface area contributed by atoms with Gasteiger partial charge in [-0.1, -0.05) is 20.8 Å². The van der Waals surface area contributed by atoms with Gasteiger partial charge in [0.1, 0.15) is 11.4 Å². The smallest absolute Gasteiger partial charge is 0.422 e. The molecule has 29 heavy (non-hydrogen) atoms. The number of ether oxygens (including phenoxy) is 1. The Labute approximate surface area is 165 Å². The van der Waals surface area contributed by atoms with Crippen LogP contribution in [-0.2, 0) is 7.05 Å². The summed E-state index contributed by atoms with van der Waals surface area (Å²) < 4.78 is 42.8. The molecule has 2 heterocycles. The Balaban J connectivity index is 1.83. The summed E-state index contributed by atoms with van der Waals surface area (Å²) in [4.78, 5) is 18.2. The largest absolute Gasteiger partial charge is 0.484 e. The maximum Gasteiger partial charge on any atom is 0.422 e. The average Bonchev–Trinajstić information content (AvgIpc) is 3.37. The summed E-state index contributed by atoms with van der Waals surface area (Å²) in [6, 6.07) is 0.687. The Morgan fingerprint density at radius 3 is 2.55 bits per heavy atom. The molecule has 1 amide bonds. The van der Waals surface area contributed by atoms with E-state index in [0.29, 0.717) is 11.4 Å². The maximum atomic E-state index is 12.8. The molecule has 158 valence electrons. The quantitative estimate of drug-likeness (QED) is 0.784. The Bertz CT molecular complexity index is 886. The van der Waals surface area contributed by atoms with Crippen molar-refractivity contribution in [2.24, 2.45) is 12.5 Å². The highest BCUT2D eigenvalue weighted by atomic mass is 19.4. The van der Waals surface area contributed by atoms with Gasteiger partial charge in [-0.15, -0.1) is 10.2 Å². The lowest BCUT2D eigenvalue weighted by Crippen LogP contribution is -2.37. The molecule has 0 saturated heterocycles. The van der Waals surface area contributed by atoms with Crippen LogP contribution in [-0.4, -0.2) is 43.9 Å². The van der Waals surface area contributed by atoms with Crippen molar-refractivity contribution >= 4 is 5.91 Å². The molecule has 1 fully saturated rings. The van der Waals surface area contributed by atoms with E-state index in [9.17, 15) is 18.0 Å². The zero-order valence-electron chi connectivity index (χ0n) is 16.6. The number of aryl methyl sites for hydroxylation is 1. The zero-order valence-corrected chi connectivity index (χ0v) is 16.6. The molecular formula is C18H23F3N6O2. The van der Waals surface area contributed by atoms with E-state index in [0.717, 1.165) is 12.8 Å². The number of carbonyl (C=O) groups excluding carboxylic acids is 1. The number of nitrogens with one attached hydrogen (secondary N) is 1. The summed E-state index contributed by atoms with van der Waals surface area (Å²) in [5.74, 6) is -0.0723. The molecule has 2 aromatic heterocycles. The molecule has 1 N–H and O–H groups in total. The van der Waals surface area contributed by atoms with Gasteiger partial charge in [0.15, 0.2) is 12.4 Å². The van der Waals surface area contributed by atoms with Crippen LogP contribution in [0, 0.1) is 5.41 Å². The second kappa shape index (κ2) is 7.60. The lowest BCUT2D eigenvalue weighted by molar-refractivity contribution is -0.153. The van der Waals surface area contributed by atoms with E-state index in [1.807, 2.05) is 20.8 Å². The Hall–Kier alpha value is -2.72. The summed E-state index contributed by atoms with van der Waals surface area (Å²) in [6.07, 6.45) is -1.33. The number of amides is 1. The first-order valence-electron chi connectivity index (χ1n) is 9.18. The predicted octanol–water partition coefficient (Wildman–Crippen LogP) is 2.94. The first kappa shape index (κ1) is 21.0. The Morgan fingerprint density at radius 1 is 1.34 bits per heavy atom. The molecule has 1 unspecified atom stereocenters. The van der Waals surface area contributed by atoms with Crippen LogP contribution in [0.2, 0.25) is 0 Å². The third-order valence-electron chi connectivity index (χ3n) is 4.46. The molecule has 2 aromatic rings. The topological polar surface area (TPSA) is 94.8 Å². The number of aromatic nitrogens is 5. The van der Waals surface area contributed by atoms with Gasteiger partial charge in [-0.25, -0.2) is 0 Å². The third kappa shape index (κ3) is 5.42. The molecule has 1 atom stereocenters. The highest BCUT2D eigenvalue weighted by Gasteiger charge is 2.34. The van der Waals surface area contributed by atoms with Crippen molar-refractivity contribution in [3.8, 4) is 5.75 Å². The van der Waals surface area contributed by atoms with Gasteiger partial charge in [-0.2, -0.15) is 18.0 Å². The Morgan fingerprint density at radius 2 is 2.03 bits per heavy atom. The number of carbonyl (C=O) groups is 1. The van der Waals surface area contributed by atoms with Crippen molar-refractivity contribution in [1.29, 1.82) is 0 Å². The summed E-state index contributed by atoms with van der Waals surface area (Å²) in [6.45, 7) is 4.27. The SMILES string of the molecule is Cn1nnc(C(NC(=O)c2cc(OCC(F)(F)F)c(C3CC3)cn2)C(C)(C)C)n1. The molecule has 0 aromatic carbocycles. The van der Waals surface area contributed by atoms with Crippen LogP contribution in [0.15, 0.2) is 12.3 Å². The lowest BCUT2D eigenvalue weighted by Gasteiger charge is -2.28. The van der Waals surface area contributed by atoms with Crippen molar-refractivity contribution in [2.75, 3.05) is 6.61 Å². The molecule has 0 aliphatic heterocycles. The fourth-order valence-corrected chi connectivity index (χ4v) is 2.84. The van der Waals surface area contributed by atoms with Gasteiger partial charge in [-0.05, 0) is 29.4 Å². The molecule has 0 bridgehead atoms. The predicted molar refractivity (Wildman–Crippen MR) is 96.2 cm³/mol. The normalized spacial score (nSPS) is 15.8. The van der Waals surface area contributed by atoms with Crippen LogP contribution < -0.4 is 10.1 Å². The fraction of sp³-hybridized carbons (Fsp3) is 0.611. The minimum absolute atomic E-state index is 0.0370.